The minimum absolute atomic E-state index is 0.194. The first-order chi connectivity index (χ1) is 13.5. The quantitative estimate of drug-likeness (QED) is 0.753. The van der Waals surface area contributed by atoms with Gasteiger partial charge in [-0.05, 0) is 42.7 Å². The van der Waals surface area contributed by atoms with Gasteiger partial charge in [0.1, 0.15) is 6.04 Å². The number of amides is 1. The SMILES string of the molecule is C[C@H](C(=O)N1CCc2ccccc2C1)N(c1cccc(C(F)(F)F)c1)S(C)(=O)=O. The fourth-order valence-corrected chi connectivity index (χ4v) is 4.73. The molecule has 2 aromatic rings. The van der Waals surface area contributed by atoms with E-state index in [9.17, 15) is 26.4 Å². The second kappa shape index (κ2) is 7.70. The number of carbonyl (C=O) groups is 1. The molecule has 0 saturated heterocycles. The van der Waals surface area contributed by atoms with E-state index in [0.29, 0.717) is 19.5 Å². The van der Waals surface area contributed by atoms with Crippen LogP contribution in [0.1, 0.15) is 23.6 Å². The van der Waals surface area contributed by atoms with Crippen LogP contribution in [-0.4, -0.2) is 38.1 Å². The summed E-state index contributed by atoms with van der Waals surface area (Å²) in [7, 11) is -4.01. The molecule has 0 saturated carbocycles. The van der Waals surface area contributed by atoms with E-state index in [1.165, 1.54) is 13.0 Å². The Balaban J connectivity index is 1.91. The largest absolute Gasteiger partial charge is 0.416 e. The van der Waals surface area contributed by atoms with Gasteiger partial charge in [-0.2, -0.15) is 13.2 Å². The van der Waals surface area contributed by atoms with Crippen molar-refractivity contribution < 1.29 is 26.4 Å². The highest BCUT2D eigenvalue weighted by Gasteiger charge is 2.35. The topological polar surface area (TPSA) is 57.7 Å². The van der Waals surface area contributed by atoms with Crippen molar-refractivity contribution in [2.75, 3.05) is 17.1 Å². The maximum Gasteiger partial charge on any atom is 0.416 e. The number of benzene rings is 2. The van der Waals surface area contributed by atoms with E-state index < -0.39 is 33.7 Å². The molecule has 1 aliphatic rings. The standard InChI is InChI=1S/C20H21F3N2O3S/c1-14(19(26)24-11-10-15-6-3-4-7-16(15)13-24)25(29(2,27)28)18-9-5-8-17(12-18)20(21,22)23/h3-9,12,14H,10-11,13H2,1-2H3/t14-/m1/s1. The van der Waals surface area contributed by atoms with Gasteiger partial charge in [0.2, 0.25) is 15.9 Å². The molecule has 0 aromatic heterocycles. The van der Waals surface area contributed by atoms with E-state index in [-0.39, 0.29) is 5.69 Å². The fraction of sp³-hybridized carbons (Fsp3) is 0.350. The number of hydrogen-bond donors (Lipinski definition) is 0. The number of hydrogen-bond acceptors (Lipinski definition) is 3. The number of nitrogens with zero attached hydrogens (tertiary/aromatic N) is 2. The number of halogens is 3. The molecular formula is C20H21F3N2O3S. The Morgan fingerprint density at radius 3 is 2.38 bits per heavy atom. The smallest absolute Gasteiger partial charge is 0.336 e. The number of anilines is 1. The third-order valence-electron chi connectivity index (χ3n) is 4.94. The fourth-order valence-electron chi connectivity index (χ4n) is 3.57. The molecule has 0 unspecified atom stereocenters. The van der Waals surface area contributed by atoms with E-state index in [2.05, 4.69) is 0 Å². The molecule has 0 bridgehead atoms. The third-order valence-corrected chi connectivity index (χ3v) is 6.18. The van der Waals surface area contributed by atoms with Gasteiger partial charge in [-0.3, -0.25) is 9.10 Å². The van der Waals surface area contributed by atoms with Gasteiger partial charge < -0.3 is 4.90 Å². The number of sulfonamides is 1. The Hall–Kier alpha value is -2.55. The summed E-state index contributed by atoms with van der Waals surface area (Å²) in [5.41, 5.74) is 0.933. The van der Waals surface area contributed by atoms with Crippen LogP contribution in [-0.2, 0) is 34.0 Å². The molecule has 1 aliphatic heterocycles. The summed E-state index contributed by atoms with van der Waals surface area (Å²) >= 11 is 0. The summed E-state index contributed by atoms with van der Waals surface area (Å²) in [6.07, 6.45) is -3.11. The molecule has 2 aromatic carbocycles. The Morgan fingerprint density at radius 2 is 1.76 bits per heavy atom. The van der Waals surface area contributed by atoms with Crippen LogP contribution in [0.25, 0.3) is 0 Å². The highest BCUT2D eigenvalue weighted by atomic mass is 32.2. The van der Waals surface area contributed by atoms with Gasteiger partial charge in [0, 0.05) is 13.1 Å². The number of rotatable bonds is 4. The monoisotopic (exact) mass is 426 g/mol. The maximum absolute atomic E-state index is 13.1. The molecule has 0 spiro atoms. The van der Waals surface area contributed by atoms with Crippen molar-refractivity contribution in [2.24, 2.45) is 0 Å². The van der Waals surface area contributed by atoms with Crippen LogP contribution in [0.4, 0.5) is 18.9 Å². The average molecular weight is 426 g/mol. The minimum Gasteiger partial charge on any atom is -0.336 e. The van der Waals surface area contributed by atoms with Crippen LogP contribution in [0.2, 0.25) is 0 Å². The molecule has 3 rings (SSSR count). The van der Waals surface area contributed by atoms with Crippen molar-refractivity contribution in [3.05, 3.63) is 65.2 Å². The van der Waals surface area contributed by atoms with E-state index in [4.69, 9.17) is 0 Å². The van der Waals surface area contributed by atoms with E-state index >= 15 is 0 Å². The van der Waals surface area contributed by atoms with Gasteiger partial charge in [0.05, 0.1) is 17.5 Å². The second-order valence-corrected chi connectivity index (χ2v) is 8.92. The van der Waals surface area contributed by atoms with Gasteiger partial charge in [0.25, 0.3) is 0 Å². The van der Waals surface area contributed by atoms with Crippen molar-refractivity contribution in [3.8, 4) is 0 Å². The molecule has 0 fully saturated rings. The lowest BCUT2D eigenvalue weighted by atomic mass is 9.99. The molecule has 1 atom stereocenters. The molecule has 0 N–H and O–H groups in total. The van der Waals surface area contributed by atoms with Gasteiger partial charge in [0.15, 0.2) is 0 Å². The zero-order chi connectivity index (χ0) is 21.4. The Morgan fingerprint density at radius 1 is 1.10 bits per heavy atom. The molecule has 0 aliphatic carbocycles. The van der Waals surface area contributed by atoms with Crippen LogP contribution in [0.3, 0.4) is 0 Å². The summed E-state index contributed by atoms with van der Waals surface area (Å²) in [6.45, 7) is 2.14. The van der Waals surface area contributed by atoms with Gasteiger partial charge >= 0.3 is 6.18 Å². The molecule has 1 amide bonds. The minimum atomic E-state index is -4.62. The molecule has 9 heteroatoms. The zero-order valence-electron chi connectivity index (χ0n) is 16.0. The van der Waals surface area contributed by atoms with Gasteiger partial charge in [-0.1, -0.05) is 30.3 Å². The predicted molar refractivity (Wildman–Crippen MR) is 104 cm³/mol. The molecule has 0 radical (unpaired) electrons. The lowest BCUT2D eigenvalue weighted by Gasteiger charge is -2.35. The predicted octanol–water partition coefficient (Wildman–Crippen LogP) is 3.44. The number of alkyl halides is 3. The summed E-state index contributed by atoms with van der Waals surface area (Å²) in [5.74, 6) is -0.456. The van der Waals surface area contributed by atoms with E-state index in [1.807, 2.05) is 24.3 Å². The van der Waals surface area contributed by atoms with Crippen molar-refractivity contribution in [1.29, 1.82) is 0 Å². The van der Waals surface area contributed by atoms with Crippen LogP contribution < -0.4 is 4.31 Å². The van der Waals surface area contributed by atoms with Gasteiger partial charge in [-0.25, -0.2) is 8.42 Å². The first kappa shape index (κ1) is 21.2. The second-order valence-electron chi connectivity index (χ2n) is 7.06. The normalized spacial score (nSPS) is 15.6. The average Bonchev–Trinajstić information content (AvgIpc) is 2.65. The van der Waals surface area contributed by atoms with Crippen molar-refractivity contribution >= 4 is 21.6 Å². The third kappa shape index (κ3) is 4.55. The zero-order valence-corrected chi connectivity index (χ0v) is 16.8. The molecule has 156 valence electrons. The Bertz CT molecular complexity index is 1020. The first-order valence-electron chi connectivity index (χ1n) is 9.00. The Labute approximate surface area is 167 Å². The van der Waals surface area contributed by atoms with Crippen LogP contribution in [0.5, 0.6) is 0 Å². The summed E-state index contributed by atoms with van der Waals surface area (Å²) in [6, 6.07) is 10.5. The lowest BCUT2D eigenvalue weighted by Crippen LogP contribution is -2.50. The molecule has 1 heterocycles. The molecule has 5 nitrogen and oxygen atoms in total. The van der Waals surface area contributed by atoms with E-state index in [0.717, 1.165) is 39.9 Å². The van der Waals surface area contributed by atoms with Gasteiger partial charge in [-0.15, -0.1) is 0 Å². The number of carbonyl (C=O) groups excluding carboxylic acids is 1. The van der Waals surface area contributed by atoms with Crippen LogP contribution in [0.15, 0.2) is 48.5 Å². The van der Waals surface area contributed by atoms with Crippen molar-refractivity contribution in [3.63, 3.8) is 0 Å². The number of fused-ring (bicyclic) bond motifs is 1. The highest BCUT2D eigenvalue weighted by Crippen LogP contribution is 2.33. The summed E-state index contributed by atoms with van der Waals surface area (Å²) in [4.78, 5) is 14.6. The Kier molecular flexibility index (Phi) is 5.62. The summed E-state index contributed by atoms with van der Waals surface area (Å²) < 4.78 is 64.8. The van der Waals surface area contributed by atoms with E-state index in [1.54, 1.807) is 4.90 Å². The van der Waals surface area contributed by atoms with Crippen molar-refractivity contribution in [1.82, 2.24) is 4.90 Å². The van der Waals surface area contributed by atoms with Crippen LogP contribution in [0, 0.1) is 0 Å². The lowest BCUT2D eigenvalue weighted by molar-refractivity contribution is -0.137. The van der Waals surface area contributed by atoms with Crippen molar-refractivity contribution in [2.45, 2.75) is 32.1 Å². The molecular weight excluding hydrogens is 405 g/mol. The highest BCUT2D eigenvalue weighted by molar-refractivity contribution is 7.92. The summed E-state index contributed by atoms with van der Waals surface area (Å²) in [5, 5.41) is 0. The van der Waals surface area contributed by atoms with Crippen LogP contribution >= 0.6 is 0 Å². The maximum atomic E-state index is 13.1. The molecule has 29 heavy (non-hydrogen) atoms. The first-order valence-corrected chi connectivity index (χ1v) is 10.9.